The second-order valence-corrected chi connectivity index (χ2v) is 7.85. The van der Waals surface area contributed by atoms with Crippen molar-refractivity contribution in [2.24, 2.45) is 0 Å². The minimum Gasteiger partial charge on any atom is -0.340 e. The van der Waals surface area contributed by atoms with Gasteiger partial charge >= 0.3 is 0 Å². The third-order valence-electron chi connectivity index (χ3n) is 3.89. The van der Waals surface area contributed by atoms with Crippen LogP contribution in [0.25, 0.3) is 10.2 Å². The number of aryl methyl sites for hydroxylation is 2. The first-order chi connectivity index (χ1) is 12.5. The molecule has 26 heavy (non-hydrogen) atoms. The third-order valence-corrected chi connectivity index (χ3v) is 5.92. The number of amides is 1. The topological polar surface area (TPSA) is 114 Å². The van der Waals surface area contributed by atoms with E-state index < -0.39 is 0 Å². The molecule has 9 heteroatoms. The molecule has 136 valence electrons. The number of hydrogen-bond donors (Lipinski definition) is 1. The number of hydrogen-bond acceptors (Lipinski definition) is 7. The minimum absolute atomic E-state index is 0.119. The molecule has 0 bridgehead atoms. The van der Waals surface area contributed by atoms with Crippen LogP contribution in [0.4, 0.5) is 0 Å². The number of nitriles is 2. The molecular weight excluding hydrogens is 370 g/mol. The molecule has 2 heterocycles. The van der Waals surface area contributed by atoms with E-state index in [9.17, 15) is 9.59 Å². The van der Waals surface area contributed by atoms with Crippen LogP contribution in [0.15, 0.2) is 4.79 Å². The van der Waals surface area contributed by atoms with Crippen LogP contribution in [0.2, 0.25) is 0 Å². The molecule has 1 amide bonds. The third kappa shape index (κ3) is 4.84. The van der Waals surface area contributed by atoms with Crippen LogP contribution in [0.3, 0.4) is 0 Å². The number of aromatic amines is 1. The number of thiophene rings is 1. The van der Waals surface area contributed by atoms with Gasteiger partial charge in [-0.2, -0.15) is 10.5 Å². The maximum atomic E-state index is 12.3. The summed E-state index contributed by atoms with van der Waals surface area (Å²) in [5.74, 6) is 1.05. The van der Waals surface area contributed by atoms with Gasteiger partial charge < -0.3 is 9.88 Å². The van der Waals surface area contributed by atoms with Crippen LogP contribution in [0.1, 0.15) is 29.1 Å². The number of nitrogens with zero attached hydrogens (tertiary/aromatic N) is 4. The number of fused-ring (bicyclic) bond motifs is 1. The van der Waals surface area contributed by atoms with E-state index in [2.05, 4.69) is 9.97 Å². The van der Waals surface area contributed by atoms with Crippen molar-refractivity contribution in [3.8, 4) is 12.1 Å². The zero-order chi connectivity index (χ0) is 19.1. The monoisotopic (exact) mass is 389 g/mol. The summed E-state index contributed by atoms with van der Waals surface area (Å²) in [6.45, 7) is 4.53. The van der Waals surface area contributed by atoms with Crippen LogP contribution < -0.4 is 5.56 Å². The first-order valence-corrected chi connectivity index (χ1v) is 10.0. The molecule has 0 aliphatic carbocycles. The lowest BCUT2D eigenvalue weighted by molar-refractivity contribution is -0.128. The lowest BCUT2D eigenvalue weighted by Gasteiger charge is -2.20. The van der Waals surface area contributed by atoms with Gasteiger partial charge in [0, 0.05) is 18.0 Å². The fourth-order valence-corrected chi connectivity index (χ4v) is 4.26. The molecule has 0 aliphatic heterocycles. The van der Waals surface area contributed by atoms with Crippen molar-refractivity contribution in [1.29, 1.82) is 10.5 Å². The van der Waals surface area contributed by atoms with Crippen LogP contribution in [-0.4, -0.2) is 39.6 Å². The molecule has 0 aliphatic rings. The quantitative estimate of drug-likeness (QED) is 0.742. The second-order valence-electron chi connectivity index (χ2n) is 5.67. The Morgan fingerprint density at radius 1 is 1.27 bits per heavy atom. The van der Waals surface area contributed by atoms with Gasteiger partial charge in [0.05, 0.1) is 41.9 Å². The Balaban J connectivity index is 1.99. The lowest BCUT2D eigenvalue weighted by atomic mass is 10.2. The number of carbonyl (C=O) groups excluding carboxylic acids is 1. The second kappa shape index (κ2) is 9.37. The molecule has 0 fully saturated rings. The number of thioether (sulfide) groups is 1. The Bertz CT molecular complexity index is 917. The highest BCUT2D eigenvalue weighted by Gasteiger charge is 2.15. The van der Waals surface area contributed by atoms with Gasteiger partial charge in [0.2, 0.25) is 5.91 Å². The SMILES string of the molecule is Cc1sc2nc(CSCC(=O)N(CCC#N)CCC#N)[nH]c(=O)c2c1C. The Morgan fingerprint density at radius 3 is 2.54 bits per heavy atom. The van der Waals surface area contributed by atoms with E-state index in [0.717, 1.165) is 15.3 Å². The summed E-state index contributed by atoms with van der Waals surface area (Å²) in [7, 11) is 0. The van der Waals surface area contributed by atoms with Gasteiger partial charge in [-0.25, -0.2) is 4.98 Å². The highest BCUT2D eigenvalue weighted by Crippen LogP contribution is 2.26. The molecule has 0 spiro atoms. The van der Waals surface area contributed by atoms with Crippen molar-refractivity contribution in [3.63, 3.8) is 0 Å². The highest BCUT2D eigenvalue weighted by molar-refractivity contribution is 7.99. The summed E-state index contributed by atoms with van der Waals surface area (Å²) < 4.78 is 0. The minimum atomic E-state index is -0.150. The molecule has 0 aromatic carbocycles. The number of carbonyl (C=O) groups is 1. The number of aromatic nitrogens is 2. The van der Waals surface area contributed by atoms with Crippen molar-refractivity contribution in [2.75, 3.05) is 18.8 Å². The number of rotatable bonds is 8. The smallest absolute Gasteiger partial charge is 0.259 e. The molecule has 0 unspecified atom stereocenters. The number of H-pyrrole nitrogens is 1. The summed E-state index contributed by atoms with van der Waals surface area (Å²) in [4.78, 5) is 35.1. The van der Waals surface area contributed by atoms with Crippen LogP contribution in [0.5, 0.6) is 0 Å². The average Bonchev–Trinajstić information content (AvgIpc) is 2.89. The van der Waals surface area contributed by atoms with Gasteiger partial charge in [-0.1, -0.05) is 0 Å². The van der Waals surface area contributed by atoms with Crippen molar-refractivity contribution >= 4 is 39.2 Å². The summed E-state index contributed by atoms with van der Waals surface area (Å²) in [6, 6.07) is 4.02. The molecule has 0 radical (unpaired) electrons. The van der Waals surface area contributed by atoms with Crippen molar-refractivity contribution in [1.82, 2.24) is 14.9 Å². The largest absolute Gasteiger partial charge is 0.340 e. The van der Waals surface area contributed by atoms with Crippen LogP contribution >= 0.6 is 23.1 Å². The van der Waals surface area contributed by atoms with Gasteiger partial charge in [0.1, 0.15) is 10.7 Å². The van der Waals surface area contributed by atoms with Gasteiger partial charge in [0.25, 0.3) is 5.56 Å². The maximum absolute atomic E-state index is 12.3. The fraction of sp³-hybridized carbons (Fsp3) is 0.471. The summed E-state index contributed by atoms with van der Waals surface area (Å²) in [6.07, 6.45) is 0.481. The Morgan fingerprint density at radius 2 is 1.92 bits per heavy atom. The fourth-order valence-electron chi connectivity index (χ4n) is 2.43. The van der Waals surface area contributed by atoms with E-state index in [1.54, 1.807) is 0 Å². The predicted octanol–water partition coefficient (Wildman–Crippen LogP) is 2.49. The molecule has 7 nitrogen and oxygen atoms in total. The molecule has 2 aromatic rings. The first-order valence-electron chi connectivity index (χ1n) is 8.06. The van der Waals surface area contributed by atoms with Crippen molar-refractivity contribution in [2.45, 2.75) is 32.4 Å². The van der Waals surface area contributed by atoms with E-state index in [4.69, 9.17) is 10.5 Å². The van der Waals surface area contributed by atoms with Crippen LogP contribution in [0, 0.1) is 36.5 Å². The Kier molecular flexibility index (Phi) is 7.19. The average molecular weight is 390 g/mol. The van der Waals surface area contributed by atoms with Crippen molar-refractivity contribution < 1.29 is 4.79 Å². The molecule has 0 atom stereocenters. The predicted molar refractivity (Wildman–Crippen MR) is 103 cm³/mol. The summed E-state index contributed by atoms with van der Waals surface area (Å²) in [5, 5.41) is 18.0. The van der Waals surface area contributed by atoms with E-state index >= 15 is 0 Å². The van der Waals surface area contributed by atoms with E-state index in [0.29, 0.717) is 30.1 Å². The Labute approximate surface area is 159 Å². The van der Waals surface area contributed by atoms with E-state index in [1.165, 1.54) is 28.0 Å². The van der Waals surface area contributed by atoms with E-state index in [1.807, 2.05) is 26.0 Å². The standard InChI is InChI=1S/C17H19N5O2S2/c1-11-12(2)26-17-15(11)16(24)20-13(21-17)9-25-10-14(23)22(7-3-5-18)8-4-6-19/h3-4,7-10H2,1-2H3,(H,20,21,24). The van der Waals surface area contributed by atoms with Gasteiger partial charge in [-0.3, -0.25) is 9.59 Å². The van der Waals surface area contributed by atoms with Crippen molar-refractivity contribution in [3.05, 3.63) is 26.6 Å². The highest BCUT2D eigenvalue weighted by atomic mass is 32.2. The zero-order valence-corrected chi connectivity index (χ0v) is 16.3. The number of nitrogens with one attached hydrogen (secondary N) is 1. The van der Waals surface area contributed by atoms with Gasteiger partial charge in [0.15, 0.2) is 0 Å². The summed E-state index contributed by atoms with van der Waals surface area (Å²) >= 11 is 2.85. The molecule has 2 rings (SSSR count). The molecule has 1 N–H and O–H groups in total. The zero-order valence-electron chi connectivity index (χ0n) is 14.7. The lowest BCUT2D eigenvalue weighted by Crippen LogP contribution is -2.34. The van der Waals surface area contributed by atoms with Gasteiger partial charge in [-0.05, 0) is 19.4 Å². The maximum Gasteiger partial charge on any atom is 0.259 e. The van der Waals surface area contributed by atoms with Crippen LogP contribution in [-0.2, 0) is 10.5 Å². The molecule has 0 saturated heterocycles. The summed E-state index contributed by atoms with van der Waals surface area (Å²) in [5.41, 5.74) is 0.808. The molecule has 2 aromatic heterocycles. The van der Waals surface area contributed by atoms with Gasteiger partial charge in [-0.15, -0.1) is 23.1 Å². The normalized spacial score (nSPS) is 10.5. The first kappa shape index (κ1) is 20.0. The molecule has 0 saturated carbocycles. The van der Waals surface area contributed by atoms with E-state index in [-0.39, 0.29) is 30.1 Å². The molecular formula is C17H19N5O2S2. The Hall–Kier alpha value is -2.36.